The number of aliphatic hydroxyl groups is 1. The maximum absolute atomic E-state index is 11.2. The zero-order valence-electron chi connectivity index (χ0n) is 13.5. The first kappa shape index (κ1) is 13.1. The van der Waals surface area contributed by atoms with Gasteiger partial charge in [-0.15, -0.1) is 0 Å². The van der Waals surface area contributed by atoms with Crippen molar-refractivity contribution < 1.29 is 9.84 Å². The van der Waals surface area contributed by atoms with E-state index in [0.717, 1.165) is 6.42 Å². The minimum Gasteiger partial charge on any atom is -0.387 e. The van der Waals surface area contributed by atoms with Gasteiger partial charge in [0.15, 0.2) is 0 Å². The molecule has 116 valence electrons. The van der Waals surface area contributed by atoms with Crippen molar-refractivity contribution in [2.75, 3.05) is 6.61 Å². The van der Waals surface area contributed by atoms with E-state index in [2.05, 4.69) is 19.9 Å². The molecule has 2 nitrogen and oxygen atoms in total. The Morgan fingerprint density at radius 1 is 1.10 bits per heavy atom. The van der Waals surface area contributed by atoms with Gasteiger partial charge in [-0.2, -0.15) is 0 Å². The van der Waals surface area contributed by atoms with Gasteiger partial charge in [0.1, 0.15) is 0 Å². The molecular weight excluding hydrogens is 260 g/mol. The Balaban J connectivity index is 1.71. The van der Waals surface area contributed by atoms with E-state index in [0.29, 0.717) is 23.4 Å². The second-order valence-electron chi connectivity index (χ2n) is 9.39. The Kier molecular flexibility index (Phi) is 2.25. The maximum atomic E-state index is 11.2. The highest BCUT2D eigenvalue weighted by Gasteiger charge is 2.69. The lowest BCUT2D eigenvalue weighted by molar-refractivity contribution is -0.161. The number of fused-ring (bicyclic) bond motifs is 2. The third kappa shape index (κ3) is 1.34. The van der Waals surface area contributed by atoms with Crippen LogP contribution in [0.5, 0.6) is 0 Å². The monoisotopic (exact) mass is 288 g/mol. The normalized spacial score (nSPS) is 61.2. The van der Waals surface area contributed by atoms with Crippen LogP contribution in [0.15, 0.2) is 11.6 Å². The van der Waals surface area contributed by atoms with Crippen molar-refractivity contribution in [3.05, 3.63) is 11.6 Å². The number of allylic oxidation sites excluding steroid dienone is 1. The van der Waals surface area contributed by atoms with Crippen LogP contribution in [-0.2, 0) is 4.74 Å². The van der Waals surface area contributed by atoms with E-state index in [9.17, 15) is 5.11 Å². The number of hydrogen-bond acceptors (Lipinski definition) is 2. The van der Waals surface area contributed by atoms with Crippen molar-refractivity contribution in [1.82, 2.24) is 0 Å². The van der Waals surface area contributed by atoms with Crippen molar-refractivity contribution in [2.45, 2.75) is 76.9 Å². The van der Waals surface area contributed by atoms with Crippen LogP contribution in [-0.4, -0.2) is 23.4 Å². The molecule has 0 aromatic carbocycles. The Hall–Kier alpha value is -0.340. The molecule has 1 aliphatic heterocycles. The molecule has 0 aromatic heterocycles. The van der Waals surface area contributed by atoms with Gasteiger partial charge in [-0.3, -0.25) is 0 Å². The topological polar surface area (TPSA) is 29.5 Å². The third-order valence-electron chi connectivity index (χ3n) is 8.43. The van der Waals surface area contributed by atoms with Gasteiger partial charge >= 0.3 is 0 Å². The molecule has 6 rings (SSSR count). The lowest BCUT2D eigenvalue weighted by Crippen LogP contribution is -2.63. The predicted molar refractivity (Wildman–Crippen MR) is 81.8 cm³/mol. The highest BCUT2D eigenvalue weighted by Crippen LogP contribution is 2.74. The fourth-order valence-corrected chi connectivity index (χ4v) is 7.28. The zero-order chi connectivity index (χ0) is 14.5. The molecule has 1 spiro atoms. The quantitative estimate of drug-likeness (QED) is 0.686. The number of rotatable bonds is 0. The first-order chi connectivity index (χ1) is 9.91. The molecule has 1 N–H and O–H groups in total. The minimum atomic E-state index is -0.549. The highest BCUT2D eigenvalue weighted by atomic mass is 16.5. The maximum Gasteiger partial charge on any atom is 0.0941 e. The predicted octanol–water partition coefficient (Wildman–Crippen LogP) is 3.83. The minimum absolute atomic E-state index is 0.184. The van der Waals surface area contributed by atoms with E-state index >= 15 is 0 Å². The average molecular weight is 288 g/mol. The Labute approximate surface area is 127 Å². The van der Waals surface area contributed by atoms with Gasteiger partial charge in [-0.05, 0) is 67.6 Å². The molecule has 1 heterocycles. The van der Waals surface area contributed by atoms with E-state index in [4.69, 9.17) is 4.74 Å². The summed E-state index contributed by atoms with van der Waals surface area (Å²) in [6.07, 6.45) is 12.8. The van der Waals surface area contributed by atoms with Crippen molar-refractivity contribution in [3.8, 4) is 0 Å². The molecule has 4 saturated carbocycles. The Bertz CT molecular complexity index is 528. The van der Waals surface area contributed by atoms with Crippen LogP contribution in [0.2, 0.25) is 0 Å². The summed E-state index contributed by atoms with van der Waals surface area (Å²) in [6.45, 7) is 5.55. The first-order valence-electron chi connectivity index (χ1n) is 8.96. The molecule has 6 aliphatic rings. The van der Waals surface area contributed by atoms with Crippen LogP contribution in [0.25, 0.3) is 0 Å². The van der Waals surface area contributed by atoms with E-state index < -0.39 is 5.60 Å². The fraction of sp³-hybridized carbons (Fsp3) is 0.895. The lowest BCUT2D eigenvalue weighted by atomic mass is 9.37. The van der Waals surface area contributed by atoms with Gasteiger partial charge in [0.05, 0.1) is 18.3 Å². The van der Waals surface area contributed by atoms with Gasteiger partial charge in [0.25, 0.3) is 0 Å². The second-order valence-corrected chi connectivity index (χ2v) is 9.39. The van der Waals surface area contributed by atoms with Gasteiger partial charge in [-0.25, -0.2) is 0 Å². The van der Waals surface area contributed by atoms with Crippen LogP contribution in [0.4, 0.5) is 0 Å². The summed E-state index contributed by atoms with van der Waals surface area (Å²) < 4.78 is 6.10. The van der Waals surface area contributed by atoms with E-state index in [1.54, 1.807) is 5.57 Å². The van der Waals surface area contributed by atoms with Crippen molar-refractivity contribution >= 4 is 0 Å². The molecule has 2 bridgehead atoms. The molecule has 21 heavy (non-hydrogen) atoms. The van der Waals surface area contributed by atoms with Crippen LogP contribution >= 0.6 is 0 Å². The summed E-state index contributed by atoms with van der Waals surface area (Å²) in [5, 5.41) is 11.2. The van der Waals surface area contributed by atoms with Crippen molar-refractivity contribution in [1.29, 1.82) is 0 Å². The van der Waals surface area contributed by atoms with Crippen LogP contribution in [0.1, 0.15) is 65.2 Å². The summed E-state index contributed by atoms with van der Waals surface area (Å²) in [5.74, 6) is 0.338. The zero-order valence-corrected chi connectivity index (χ0v) is 13.5. The smallest absolute Gasteiger partial charge is 0.0941 e. The standard InChI is InChI=1S/C19H28O2/c1-16-6-8-18(9-7-16)13(11-16)10-14-15-17(18,2)4-3-5-19(15,20)12-21-14/h10,14-15,20H,3-9,11-12H2,1-2H3/t14-,15-,16?,17+,18?,19+/m1/s1. The van der Waals surface area contributed by atoms with Gasteiger partial charge < -0.3 is 9.84 Å². The molecule has 5 aliphatic carbocycles. The van der Waals surface area contributed by atoms with Crippen LogP contribution < -0.4 is 0 Å². The Morgan fingerprint density at radius 2 is 1.86 bits per heavy atom. The van der Waals surface area contributed by atoms with Crippen molar-refractivity contribution in [3.63, 3.8) is 0 Å². The number of ether oxygens (including phenoxy) is 1. The third-order valence-corrected chi connectivity index (χ3v) is 8.43. The summed E-state index contributed by atoms with van der Waals surface area (Å²) in [7, 11) is 0. The largest absolute Gasteiger partial charge is 0.387 e. The van der Waals surface area contributed by atoms with E-state index in [1.165, 1.54) is 44.9 Å². The highest BCUT2D eigenvalue weighted by molar-refractivity contribution is 5.36. The molecule has 0 unspecified atom stereocenters. The second kappa shape index (κ2) is 3.59. The molecule has 1 saturated heterocycles. The van der Waals surface area contributed by atoms with Crippen LogP contribution in [0.3, 0.4) is 0 Å². The molecular formula is C19H28O2. The molecule has 0 radical (unpaired) electrons. The summed E-state index contributed by atoms with van der Waals surface area (Å²) >= 11 is 0. The van der Waals surface area contributed by atoms with Crippen LogP contribution in [0, 0.1) is 22.2 Å². The molecule has 2 heteroatoms. The molecule has 4 atom stereocenters. The Morgan fingerprint density at radius 3 is 2.62 bits per heavy atom. The summed E-state index contributed by atoms with van der Waals surface area (Å²) in [4.78, 5) is 0. The SMILES string of the molecule is CC12CCC3(CC1)C(=C[C@H]1OC[C@@]4(O)CCC[C@@]3(C)[C@@H]14)C2. The average Bonchev–Trinajstić information content (AvgIpc) is 2.77. The van der Waals surface area contributed by atoms with Gasteiger partial charge in [0, 0.05) is 5.92 Å². The number of hydrogen-bond donors (Lipinski definition) is 1. The lowest BCUT2D eigenvalue weighted by Gasteiger charge is -2.67. The van der Waals surface area contributed by atoms with E-state index in [-0.39, 0.29) is 11.5 Å². The molecule has 0 aromatic rings. The summed E-state index contributed by atoms with van der Waals surface area (Å²) in [5.41, 5.74) is 2.34. The molecule has 0 amide bonds. The summed E-state index contributed by atoms with van der Waals surface area (Å²) in [6, 6.07) is 0. The van der Waals surface area contributed by atoms with E-state index in [1.807, 2.05) is 0 Å². The first-order valence-corrected chi connectivity index (χ1v) is 8.96. The van der Waals surface area contributed by atoms with Gasteiger partial charge in [-0.1, -0.05) is 25.5 Å². The van der Waals surface area contributed by atoms with Crippen molar-refractivity contribution in [2.24, 2.45) is 22.2 Å². The van der Waals surface area contributed by atoms with Gasteiger partial charge in [0.2, 0.25) is 0 Å². The molecule has 5 fully saturated rings. The fourth-order valence-electron chi connectivity index (χ4n) is 7.28.